The first-order chi connectivity index (χ1) is 11.8. The first-order valence-electron chi connectivity index (χ1n) is 6.93. The summed E-state index contributed by atoms with van der Waals surface area (Å²) in [5.74, 6) is -1.59. The molecular formula is C17H12Cl2N2O3S. The van der Waals surface area contributed by atoms with Crippen molar-refractivity contribution in [1.82, 2.24) is 5.32 Å². The van der Waals surface area contributed by atoms with Crippen LogP contribution in [0, 0.1) is 0 Å². The van der Waals surface area contributed by atoms with Crippen molar-refractivity contribution < 1.29 is 14.7 Å². The van der Waals surface area contributed by atoms with E-state index < -0.39 is 11.9 Å². The highest BCUT2D eigenvalue weighted by atomic mass is 35.5. The highest BCUT2D eigenvalue weighted by Crippen LogP contribution is 2.20. The van der Waals surface area contributed by atoms with Crippen molar-refractivity contribution in [2.24, 2.45) is 0 Å². The molecule has 0 saturated heterocycles. The summed E-state index contributed by atoms with van der Waals surface area (Å²) in [6.45, 7) is 0. The number of hydrogen-bond donors (Lipinski definition) is 3. The Morgan fingerprint density at radius 2 is 1.76 bits per heavy atom. The zero-order chi connectivity index (χ0) is 18.4. The van der Waals surface area contributed by atoms with Gasteiger partial charge >= 0.3 is 5.97 Å². The summed E-state index contributed by atoms with van der Waals surface area (Å²) in [7, 11) is 0. The van der Waals surface area contributed by atoms with Crippen molar-refractivity contribution in [3.63, 3.8) is 0 Å². The lowest BCUT2D eigenvalue weighted by Gasteiger charge is -2.09. The monoisotopic (exact) mass is 394 g/mol. The van der Waals surface area contributed by atoms with Gasteiger partial charge in [0.25, 0.3) is 0 Å². The lowest BCUT2D eigenvalue weighted by atomic mass is 10.2. The Labute approximate surface area is 159 Å². The van der Waals surface area contributed by atoms with E-state index in [-0.39, 0.29) is 15.7 Å². The molecule has 0 saturated carbocycles. The van der Waals surface area contributed by atoms with E-state index in [2.05, 4.69) is 10.6 Å². The number of rotatable bonds is 4. The Bertz CT molecular complexity index is 851. The van der Waals surface area contributed by atoms with Crippen LogP contribution in [0.25, 0.3) is 6.08 Å². The van der Waals surface area contributed by atoms with Crippen LogP contribution in [0.1, 0.15) is 15.9 Å². The fraction of sp³-hybridized carbons (Fsp3) is 0. The van der Waals surface area contributed by atoms with E-state index in [1.54, 1.807) is 36.4 Å². The molecule has 0 radical (unpaired) electrons. The molecule has 0 atom stereocenters. The fourth-order valence-corrected chi connectivity index (χ4v) is 2.37. The minimum absolute atomic E-state index is 0.0319. The van der Waals surface area contributed by atoms with Gasteiger partial charge in [0.1, 0.15) is 0 Å². The molecule has 0 heterocycles. The molecule has 3 N–H and O–H groups in total. The molecular weight excluding hydrogens is 383 g/mol. The Hall–Kier alpha value is -2.41. The van der Waals surface area contributed by atoms with E-state index in [0.717, 1.165) is 5.56 Å². The molecule has 0 bridgehead atoms. The van der Waals surface area contributed by atoms with Crippen molar-refractivity contribution in [1.29, 1.82) is 0 Å². The average molecular weight is 395 g/mol. The number of aromatic carboxylic acids is 1. The highest BCUT2D eigenvalue weighted by molar-refractivity contribution is 7.80. The maximum Gasteiger partial charge on any atom is 0.337 e. The predicted molar refractivity (Wildman–Crippen MR) is 103 cm³/mol. The van der Waals surface area contributed by atoms with Crippen LogP contribution in [-0.2, 0) is 4.79 Å². The largest absolute Gasteiger partial charge is 0.478 e. The van der Waals surface area contributed by atoms with Gasteiger partial charge in [0.05, 0.1) is 10.6 Å². The van der Waals surface area contributed by atoms with Crippen LogP contribution < -0.4 is 10.6 Å². The molecule has 2 aromatic rings. The molecule has 0 aliphatic rings. The fourth-order valence-electron chi connectivity index (χ4n) is 1.83. The van der Waals surface area contributed by atoms with Crippen molar-refractivity contribution in [2.75, 3.05) is 5.32 Å². The molecule has 0 spiro atoms. The van der Waals surface area contributed by atoms with Crippen molar-refractivity contribution in [3.05, 3.63) is 69.7 Å². The number of carbonyl (C=O) groups excluding carboxylic acids is 1. The molecule has 0 aromatic heterocycles. The molecule has 0 aliphatic carbocycles. The van der Waals surface area contributed by atoms with Crippen molar-refractivity contribution >= 4 is 64.2 Å². The van der Waals surface area contributed by atoms with Gasteiger partial charge in [-0.2, -0.15) is 0 Å². The molecule has 1 amide bonds. The summed E-state index contributed by atoms with van der Waals surface area (Å²) in [5, 5.41) is 15.0. The number of benzene rings is 2. The number of nitrogens with one attached hydrogen (secondary N) is 2. The summed E-state index contributed by atoms with van der Waals surface area (Å²) in [5.41, 5.74) is 1.14. The van der Waals surface area contributed by atoms with Gasteiger partial charge in [0.2, 0.25) is 5.91 Å². The third-order valence-corrected chi connectivity index (χ3v) is 3.77. The van der Waals surface area contributed by atoms with E-state index in [1.807, 2.05) is 0 Å². The predicted octanol–water partition coefficient (Wildman–Crippen LogP) is 4.22. The number of carboxylic acid groups (broad SMARTS) is 1. The standard InChI is InChI=1S/C17H12Cl2N2O3S/c18-11-4-1-10(2-5-11)3-8-15(22)21-17(25)20-12-6-7-14(19)13(9-12)16(23)24/h1-9H,(H,23,24)(H2,20,21,22,25). The van der Waals surface area contributed by atoms with Crippen molar-refractivity contribution in [2.45, 2.75) is 0 Å². The topological polar surface area (TPSA) is 78.4 Å². The normalized spacial score (nSPS) is 10.5. The second-order valence-corrected chi connectivity index (χ2v) is 6.08. The smallest absolute Gasteiger partial charge is 0.337 e. The van der Waals surface area contributed by atoms with Crippen LogP contribution in [-0.4, -0.2) is 22.1 Å². The number of hydrogen-bond acceptors (Lipinski definition) is 3. The minimum atomic E-state index is -1.16. The SMILES string of the molecule is O=C(C=Cc1ccc(Cl)cc1)NC(=S)Nc1ccc(Cl)c(C(=O)O)c1. The summed E-state index contributed by atoms with van der Waals surface area (Å²) in [6, 6.07) is 11.3. The Morgan fingerprint density at radius 1 is 1.08 bits per heavy atom. The van der Waals surface area contributed by atoms with Gasteiger partial charge in [-0.15, -0.1) is 0 Å². The summed E-state index contributed by atoms with van der Waals surface area (Å²) in [4.78, 5) is 22.9. The summed E-state index contributed by atoms with van der Waals surface area (Å²) < 4.78 is 0. The minimum Gasteiger partial charge on any atom is -0.478 e. The van der Waals surface area contributed by atoms with E-state index in [4.69, 9.17) is 40.5 Å². The van der Waals surface area contributed by atoms with Crippen LogP contribution in [0.15, 0.2) is 48.5 Å². The van der Waals surface area contributed by atoms with Crippen LogP contribution in [0.3, 0.4) is 0 Å². The van der Waals surface area contributed by atoms with Gasteiger partial charge < -0.3 is 10.4 Å². The molecule has 0 fully saturated rings. The van der Waals surface area contributed by atoms with Gasteiger partial charge in [0.15, 0.2) is 5.11 Å². The van der Waals surface area contributed by atoms with Gasteiger partial charge in [0, 0.05) is 16.8 Å². The Morgan fingerprint density at radius 3 is 2.40 bits per heavy atom. The maximum atomic E-state index is 11.8. The van der Waals surface area contributed by atoms with Gasteiger partial charge in [-0.1, -0.05) is 35.3 Å². The molecule has 128 valence electrons. The number of amides is 1. The van der Waals surface area contributed by atoms with Gasteiger partial charge in [-0.25, -0.2) is 4.79 Å². The number of anilines is 1. The Balaban J connectivity index is 1.95. The van der Waals surface area contributed by atoms with E-state index in [1.165, 1.54) is 18.2 Å². The zero-order valence-electron chi connectivity index (χ0n) is 12.6. The van der Waals surface area contributed by atoms with E-state index in [9.17, 15) is 9.59 Å². The number of halogens is 2. The summed E-state index contributed by atoms with van der Waals surface area (Å²) >= 11 is 16.6. The van der Waals surface area contributed by atoms with Crippen molar-refractivity contribution in [3.8, 4) is 0 Å². The van der Waals surface area contributed by atoms with Gasteiger partial charge in [-0.3, -0.25) is 10.1 Å². The van der Waals surface area contributed by atoms with Crippen LogP contribution in [0.2, 0.25) is 10.0 Å². The maximum absolute atomic E-state index is 11.8. The first kappa shape index (κ1) is 18.9. The number of carboxylic acids is 1. The van der Waals surface area contributed by atoms with E-state index in [0.29, 0.717) is 10.7 Å². The number of carbonyl (C=O) groups is 2. The molecule has 8 heteroatoms. The lowest BCUT2D eigenvalue weighted by molar-refractivity contribution is -0.115. The van der Waals surface area contributed by atoms with Crippen LogP contribution in [0.5, 0.6) is 0 Å². The molecule has 5 nitrogen and oxygen atoms in total. The van der Waals surface area contributed by atoms with Crippen LogP contribution in [0.4, 0.5) is 5.69 Å². The second-order valence-electron chi connectivity index (χ2n) is 4.83. The third-order valence-electron chi connectivity index (χ3n) is 2.99. The Kier molecular flexibility index (Phi) is 6.52. The van der Waals surface area contributed by atoms with Crippen LogP contribution >= 0.6 is 35.4 Å². The van der Waals surface area contributed by atoms with E-state index >= 15 is 0 Å². The second kappa shape index (κ2) is 8.62. The first-order valence-corrected chi connectivity index (χ1v) is 8.10. The highest BCUT2D eigenvalue weighted by Gasteiger charge is 2.10. The molecule has 0 unspecified atom stereocenters. The van der Waals surface area contributed by atoms with Gasteiger partial charge in [-0.05, 0) is 54.2 Å². The quantitative estimate of drug-likeness (QED) is 0.534. The zero-order valence-corrected chi connectivity index (χ0v) is 15.0. The molecule has 2 aromatic carbocycles. The molecule has 25 heavy (non-hydrogen) atoms. The average Bonchev–Trinajstić information content (AvgIpc) is 2.55. The molecule has 2 rings (SSSR count). The molecule has 0 aliphatic heterocycles. The summed E-state index contributed by atoms with van der Waals surface area (Å²) in [6.07, 6.45) is 2.93. The third kappa shape index (κ3) is 5.86. The lowest BCUT2D eigenvalue weighted by Crippen LogP contribution is -2.32. The number of thiocarbonyl (C=S) groups is 1.